The Morgan fingerprint density at radius 1 is 0.903 bits per heavy atom. The Morgan fingerprint density at radius 2 is 1.58 bits per heavy atom. The molecule has 2 saturated heterocycles. The van der Waals surface area contributed by atoms with E-state index in [9.17, 15) is 4.79 Å². The van der Waals surface area contributed by atoms with Crippen LogP contribution in [0, 0.1) is 6.92 Å². The average Bonchev–Trinajstić information content (AvgIpc) is 2.80. The Bertz CT molecular complexity index is 858. The van der Waals surface area contributed by atoms with E-state index in [4.69, 9.17) is 9.97 Å². The van der Waals surface area contributed by atoms with Crippen molar-refractivity contribution in [2.75, 3.05) is 69.2 Å². The van der Waals surface area contributed by atoms with Crippen molar-refractivity contribution in [2.24, 2.45) is 0 Å². The molecule has 166 valence electrons. The van der Waals surface area contributed by atoms with Crippen molar-refractivity contribution in [2.45, 2.75) is 26.2 Å². The molecule has 0 N–H and O–H groups in total. The first kappa shape index (κ1) is 21.6. The van der Waals surface area contributed by atoms with E-state index < -0.39 is 0 Å². The number of likely N-dealkylation sites (N-methyl/N-ethyl adjacent to an activating group) is 1. The fourth-order valence-electron chi connectivity index (χ4n) is 4.28. The van der Waals surface area contributed by atoms with Crippen molar-refractivity contribution in [3.05, 3.63) is 47.7 Å². The fourth-order valence-corrected chi connectivity index (χ4v) is 4.28. The van der Waals surface area contributed by atoms with Crippen LogP contribution in [-0.4, -0.2) is 85.1 Å². The number of amides is 1. The number of aromatic nitrogens is 2. The monoisotopic (exact) mass is 422 g/mol. The van der Waals surface area contributed by atoms with Gasteiger partial charge in [-0.15, -0.1) is 0 Å². The van der Waals surface area contributed by atoms with Crippen LogP contribution in [0.1, 0.15) is 24.1 Å². The predicted octanol–water partition coefficient (Wildman–Crippen LogP) is 2.21. The highest BCUT2D eigenvalue weighted by atomic mass is 16.2. The highest BCUT2D eigenvalue weighted by Crippen LogP contribution is 2.20. The van der Waals surface area contributed by atoms with E-state index in [1.807, 2.05) is 17.9 Å². The summed E-state index contributed by atoms with van der Waals surface area (Å²) in [5.41, 5.74) is 2.30. The molecule has 7 heteroatoms. The second-order valence-corrected chi connectivity index (χ2v) is 8.66. The van der Waals surface area contributed by atoms with Crippen LogP contribution in [0.4, 0.5) is 11.8 Å². The second-order valence-electron chi connectivity index (χ2n) is 8.66. The third-order valence-electron chi connectivity index (χ3n) is 6.27. The number of aryl methyl sites for hydroxylation is 2. The molecule has 2 aliphatic rings. The zero-order valence-electron chi connectivity index (χ0n) is 18.8. The number of hydrogen-bond donors (Lipinski definition) is 0. The number of carbonyl (C=O) groups excluding carboxylic acids is 1. The van der Waals surface area contributed by atoms with Gasteiger partial charge in [-0.25, -0.2) is 4.98 Å². The summed E-state index contributed by atoms with van der Waals surface area (Å²) >= 11 is 0. The van der Waals surface area contributed by atoms with Crippen LogP contribution in [0.2, 0.25) is 0 Å². The summed E-state index contributed by atoms with van der Waals surface area (Å²) < 4.78 is 0. The van der Waals surface area contributed by atoms with E-state index in [0.717, 1.165) is 82.7 Å². The minimum Gasteiger partial charge on any atom is -0.354 e. The van der Waals surface area contributed by atoms with Gasteiger partial charge in [0.15, 0.2) is 0 Å². The molecule has 31 heavy (non-hydrogen) atoms. The van der Waals surface area contributed by atoms with Crippen LogP contribution in [0.25, 0.3) is 0 Å². The van der Waals surface area contributed by atoms with E-state index in [1.54, 1.807) is 0 Å². The Labute approximate surface area is 185 Å². The van der Waals surface area contributed by atoms with E-state index in [0.29, 0.717) is 6.42 Å². The zero-order chi connectivity index (χ0) is 21.6. The SMILES string of the molecule is Cc1cc(N2CCN(C)CC2)nc(N2CCN(C(=O)CCCc3ccccc3)CC2)n1. The van der Waals surface area contributed by atoms with Gasteiger partial charge >= 0.3 is 0 Å². The molecule has 0 saturated carbocycles. The normalized spacial score (nSPS) is 17.8. The van der Waals surface area contributed by atoms with E-state index >= 15 is 0 Å². The van der Waals surface area contributed by atoms with Crippen LogP contribution < -0.4 is 9.80 Å². The lowest BCUT2D eigenvalue weighted by atomic mass is 10.1. The van der Waals surface area contributed by atoms with Gasteiger partial charge in [0.2, 0.25) is 11.9 Å². The molecule has 1 aromatic carbocycles. The average molecular weight is 423 g/mol. The van der Waals surface area contributed by atoms with Crippen LogP contribution >= 0.6 is 0 Å². The van der Waals surface area contributed by atoms with Crippen LogP contribution in [0.3, 0.4) is 0 Å². The van der Waals surface area contributed by atoms with Crippen molar-refractivity contribution >= 4 is 17.7 Å². The predicted molar refractivity (Wildman–Crippen MR) is 125 cm³/mol. The number of piperazine rings is 2. The minimum atomic E-state index is 0.263. The molecule has 0 spiro atoms. The zero-order valence-corrected chi connectivity index (χ0v) is 18.8. The van der Waals surface area contributed by atoms with Gasteiger partial charge in [0.05, 0.1) is 0 Å². The maximum absolute atomic E-state index is 12.6. The second kappa shape index (κ2) is 10.1. The van der Waals surface area contributed by atoms with Gasteiger partial charge < -0.3 is 19.6 Å². The lowest BCUT2D eigenvalue weighted by molar-refractivity contribution is -0.131. The summed E-state index contributed by atoms with van der Waals surface area (Å²) in [5, 5.41) is 0. The molecular formula is C24H34N6O. The first-order chi connectivity index (χ1) is 15.1. The molecule has 3 heterocycles. The summed E-state index contributed by atoms with van der Waals surface area (Å²) in [4.78, 5) is 31.1. The maximum atomic E-state index is 12.6. The topological polar surface area (TPSA) is 55.8 Å². The molecule has 0 radical (unpaired) electrons. The summed E-state index contributed by atoms with van der Waals surface area (Å²) in [6.45, 7) is 9.21. The first-order valence-electron chi connectivity index (χ1n) is 11.4. The third-order valence-corrected chi connectivity index (χ3v) is 6.27. The number of benzene rings is 1. The van der Waals surface area contributed by atoms with Crippen molar-refractivity contribution < 1.29 is 4.79 Å². The van der Waals surface area contributed by atoms with Gasteiger partial charge in [-0.3, -0.25) is 4.79 Å². The lowest BCUT2D eigenvalue weighted by Crippen LogP contribution is -2.49. The van der Waals surface area contributed by atoms with Crippen LogP contribution in [-0.2, 0) is 11.2 Å². The lowest BCUT2D eigenvalue weighted by Gasteiger charge is -2.36. The summed E-state index contributed by atoms with van der Waals surface area (Å²) in [5.74, 6) is 2.08. The van der Waals surface area contributed by atoms with Crippen molar-refractivity contribution in [1.29, 1.82) is 0 Å². The molecule has 0 bridgehead atoms. The van der Waals surface area contributed by atoms with Crippen LogP contribution in [0.15, 0.2) is 36.4 Å². The number of nitrogens with zero attached hydrogens (tertiary/aromatic N) is 6. The summed E-state index contributed by atoms with van der Waals surface area (Å²) in [6.07, 6.45) is 2.47. The molecule has 0 unspecified atom stereocenters. The molecular weight excluding hydrogens is 388 g/mol. The smallest absolute Gasteiger partial charge is 0.227 e. The largest absolute Gasteiger partial charge is 0.354 e. The third kappa shape index (κ3) is 5.73. The summed E-state index contributed by atoms with van der Waals surface area (Å²) in [6, 6.07) is 12.5. The fraction of sp³-hybridized carbons (Fsp3) is 0.542. The molecule has 2 aliphatic heterocycles. The Balaban J connectivity index is 1.28. The standard InChI is InChI=1S/C24H34N6O/c1-20-19-22(28-13-11-27(2)12-14-28)26-24(25-20)30-17-15-29(16-18-30)23(31)10-6-9-21-7-4-3-5-8-21/h3-5,7-8,19H,6,9-18H2,1-2H3. The van der Waals surface area contributed by atoms with Gasteiger partial charge in [-0.1, -0.05) is 30.3 Å². The molecule has 2 aromatic rings. The number of carbonyl (C=O) groups is 1. The Morgan fingerprint density at radius 3 is 2.29 bits per heavy atom. The van der Waals surface area contributed by atoms with E-state index in [1.165, 1.54) is 5.56 Å². The van der Waals surface area contributed by atoms with Crippen molar-refractivity contribution in [3.63, 3.8) is 0 Å². The van der Waals surface area contributed by atoms with Crippen molar-refractivity contribution in [3.8, 4) is 0 Å². The number of anilines is 2. The van der Waals surface area contributed by atoms with Gasteiger partial charge in [-0.2, -0.15) is 4.98 Å². The number of rotatable bonds is 6. The van der Waals surface area contributed by atoms with Gasteiger partial charge in [-0.05, 0) is 32.4 Å². The first-order valence-corrected chi connectivity index (χ1v) is 11.4. The molecule has 0 aliphatic carbocycles. The Hall–Kier alpha value is -2.67. The van der Waals surface area contributed by atoms with E-state index in [-0.39, 0.29) is 5.91 Å². The molecule has 0 atom stereocenters. The van der Waals surface area contributed by atoms with E-state index in [2.05, 4.69) is 52.1 Å². The summed E-state index contributed by atoms with van der Waals surface area (Å²) in [7, 11) is 2.16. The highest BCUT2D eigenvalue weighted by molar-refractivity contribution is 5.76. The molecule has 1 aromatic heterocycles. The molecule has 2 fully saturated rings. The quantitative estimate of drug-likeness (QED) is 0.712. The molecule has 7 nitrogen and oxygen atoms in total. The highest BCUT2D eigenvalue weighted by Gasteiger charge is 2.24. The molecule has 4 rings (SSSR count). The Kier molecular flexibility index (Phi) is 7.02. The molecule has 1 amide bonds. The van der Waals surface area contributed by atoms with Gasteiger partial charge in [0.25, 0.3) is 0 Å². The van der Waals surface area contributed by atoms with Crippen LogP contribution in [0.5, 0.6) is 0 Å². The maximum Gasteiger partial charge on any atom is 0.227 e. The van der Waals surface area contributed by atoms with Crippen molar-refractivity contribution in [1.82, 2.24) is 19.8 Å². The minimum absolute atomic E-state index is 0.263. The van der Waals surface area contributed by atoms with Gasteiger partial charge in [0, 0.05) is 70.5 Å². The van der Waals surface area contributed by atoms with Gasteiger partial charge in [0.1, 0.15) is 5.82 Å². The number of hydrogen-bond acceptors (Lipinski definition) is 6.